The van der Waals surface area contributed by atoms with Crippen LogP contribution in [0.5, 0.6) is 5.75 Å². The molecule has 0 N–H and O–H groups in total. The summed E-state index contributed by atoms with van der Waals surface area (Å²) in [7, 11) is 1.73. The minimum absolute atomic E-state index is 0.0256. The van der Waals surface area contributed by atoms with Gasteiger partial charge in [0.05, 0.1) is 23.2 Å². The molecule has 0 saturated heterocycles. The highest BCUT2D eigenvalue weighted by atomic mass is 35.5. The lowest BCUT2D eigenvalue weighted by atomic mass is 10.1. The molecule has 2 aromatic heterocycles. The van der Waals surface area contributed by atoms with Gasteiger partial charge in [-0.25, -0.2) is 0 Å². The molecule has 4 rings (SSSR count). The molecule has 9 heteroatoms. The topological polar surface area (TPSA) is 82.6 Å². The van der Waals surface area contributed by atoms with Crippen LogP contribution in [0.1, 0.15) is 32.8 Å². The molecular weight excluding hydrogens is 444 g/mol. The van der Waals surface area contributed by atoms with E-state index in [-0.39, 0.29) is 12.1 Å². The van der Waals surface area contributed by atoms with Gasteiger partial charge in [-0.3, -0.25) is 9.36 Å². The van der Waals surface area contributed by atoms with Crippen molar-refractivity contribution in [3.8, 4) is 23.2 Å². The summed E-state index contributed by atoms with van der Waals surface area (Å²) in [5.74, 6) is 1.12. The second-order valence-electron chi connectivity index (χ2n) is 7.89. The minimum atomic E-state index is -0.263. The van der Waals surface area contributed by atoms with Crippen molar-refractivity contribution in [2.75, 3.05) is 7.05 Å². The number of hydroxylamine groups is 2. The van der Waals surface area contributed by atoms with E-state index in [1.807, 2.05) is 54.9 Å². The van der Waals surface area contributed by atoms with Gasteiger partial charge in [0.2, 0.25) is 0 Å². The summed E-state index contributed by atoms with van der Waals surface area (Å²) in [5.41, 5.74) is 2.65. The van der Waals surface area contributed by atoms with E-state index in [1.165, 1.54) is 5.06 Å². The van der Waals surface area contributed by atoms with Crippen molar-refractivity contribution >= 4 is 28.5 Å². The summed E-state index contributed by atoms with van der Waals surface area (Å²) in [6, 6.07) is 13.3. The molecule has 33 heavy (non-hydrogen) atoms. The molecule has 0 amide bonds. The molecule has 0 atom stereocenters. The van der Waals surface area contributed by atoms with E-state index in [0.717, 1.165) is 16.5 Å². The Balaban J connectivity index is 1.54. The molecule has 4 aromatic rings. The number of hydrogen-bond acceptors (Lipinski definition) is 7. The molecule has 0 radical (unpaired) electrons. The first-order valence-corrected chi connectivity index (χ1v) is 11.0. The second-order valence-corrected chi connectivity index (χ2v) is 8.30. The molecule has 2 heterocycles. The highest BCUT2D eigenvalue weighted by molar-refractivity contribution is 6.32. The molecule has 0 bridgehead atoms. The molecule has 172 valence electrons. The van der Waals surface area contributed by atoms with Crippen molar-refractivity contribution in [2.24, 2.45) is 0 Å². The predicted octanol–water partition coefficient (Wildman–Crippen LogP) is 5.42. The first-order chi connectivity index (χ1) is 15.8. The molecule has 0 aliphatic carbocycles. The zero-order valence-electron chi connectivity index (χ0n) is 18.9. The van der Waals surface area contributed by atoms with E-state index in [4.69, 9.17) is 25.7 Å². The Labute approximate surface area is 196 Å². The zero-order chi connectivity index (χ0) is 23.5. The van der Waals surface area contributed by atoms with Gasteiger partial charge >= 0.3 is 5.97 Å². The van der Waals surface area contributed by atoms with E-state index in [9.17, 15) is 4.79 Å². The third-order valence-corrected chi connectivity index (χ3v) is 5.17. The van der Waals surface area contributed by atoms with Crippen LogP contribution in [0.3, 0.4) is 0 Å². The maximum Gasteiger partial charge on any atom is 0.324 e. The Hall–Kier alpha value is -3.36. The number of carbonyl (C=O) groups is 1. The zero-order valence-corrected chi connectivity index (χ0v) is 19.7. The summed E-state index contributed by atoms with van der Waals surface area (Å²) < 4.78 is 13.0. The maximum atomic E-state index is 11.5. The Morgan fingerprint density at radius 2 is 2.03 bits per heavy atom. The second kappa shape index (κ2) is 9.64. The molecule has 0 saturated carbocycles. The van der Waals surface area contributed by atoms with Crippen molar-refractivity contribution < 1.29 is 18.9 Å². The monoisotopic (exact) mass is 468 g/mol. The van der Waals surface area contributed by atoms with Crippen molar-refractivity contribution in [3.63, 3.8) is 0 Å². The van der Waals surface area contributed by atoms with Gasteiger partial charge in [-0.15, -0.1) is 5.06 Å². The van der Waals surface area contributed by atoms with Gasteiger partial charge in [-0.05, 0) is 61.0 Å². The summed E-state index contributed by atoms with van der Waals surface area (Å²) in [6.07, 6.45) is 2.25. The number of hydrogen-bond donors (Lipinski definition) is 0. The van der Waals surface area contributed by atoms with Crippen molar-refractivity contribution in [3.05, 3.63) is 59.2 Å². The average Bonchev–Trinajstić information content (AvgIpc) is 3.41. The van der Waals surface area contributed by atoms with Crippen LogP contribution in [0.2, 0.25) is 5.02 Å². The van der Waals surface area contributed by atoms with Gasteiger partial charge < -0.3 is 14.1 Å². The fourth-order valence-electron chi connectivity index (χ4n) is 3.41. The number of fused-ring (bicyclic) bond motifs is 1. The molecule has 0 unspecified atom stereocenters. The lowest BCUT2D eigenvalue weighted by molar-refractivity contribution is -0.186. The molecule has 8 nitrogen and oxygen atoms in total. The molecule has 0 aliphatic heterocycles. The van der Waals surface area contributed by atoms with Gasteiger partial charge in [0, 0.05) is 30.6 Å². The van der Waals surface area contributed by atoms with Crippen LogP contribution in [0.25, 0.3) is 28.3 Å². The SMILES string of the molecule is CCC(=O)ON(C)Cc1ccc2c(ccn2-c2noc(-c3ccc(OC(C)C)c(Cl)c3)n2)c1. The van der Waals surface area contributed by atoms with Gasteiger partial charge in [0.1, 0.15) is 5.75 Å². The third kappa shape index (κ3) is 5.18. The van der Waals surface area contributed by atoms with Crippen molar-refractivity contribution in [1.29, 1.82) is 0 Å². The molecule has 2 aromatic carbocycles. The average molecular weight is 469 g/mol. The summed E-state index contributed by atoms with van der Waals surface area (Å²) in [5, 5.41) is 7.15. The Morgan fingerprint density at radius 1 is 1.21 bits per heavy atom. The Morgan fingerprint density at radius 3 is 2.76 bits per heavy atom. The quantitative estimate of drug-likeness (QED) is 0.319. The molecule has 0 spiro atoms. The van der Waals surface area contributed by atoms with Gasteiger partial charge in [-0.1, -0.05) is 24.6 Å². The van der Waals surface area contributed by atoms with Gasteiger partial charge in [0.25, 0.3) is 11.8 Å². The molecular formula is C24H25ClN4O4. The van der Waals surface area contributed by atoms with Crippen LogP contribution in [-0.2, 0) is 16.2 Å². The number of rotatable bonds is 8. The standard InChI is InChI=1S/C24H25ClN4O4/c1-5-22(30)33-28(4)14-16-6-8-20-17(12-16)10-11-29(20)24-26-23(32-27-24)18-7-9-21(19(25)13-18)31-15(2)3/h6-13,15H,5,14H2,1-4H3. The lowest BCUT2D eigenvalue weighted by Gasteiger charge is -2.15. The van der Waals surface area contributed by atoms with Crippen LogP contribution in [0, 0.1) is 0 Å². The Kier molecular flexibility index (Phi) is 6.67. The summed E-state index contributed by atoms with van der Waals surface area (Å²) >= 11 is 6.34. The van der Waals surface area contributed by atoms with Gasteiger partial charge in [-0.2, -0.15) is 4.98 Å². The highest BCUT2D eigenvalue weighted by Gasteiger charge is 2.15. The van der Waals surface area contributed by atoms with E-state index < -0.39 is 0 Å². The number of nitrogens with zero attached hydrogens (tertiary/aromatic N) is 4. The van der Waals surface area contributed by atoms with E-state index in [2.05, 4.69) is 10.1 Å². The van der Waals surface area contributed by atoms with Crippen LogP contribution in [0.4, 0.5) is 0 Å². The van der Waals surface area contributed by atoms with E-state index in [1.54, 1.807) is 26.1 Å². The minimum Gasteiger partial charge on any atom is -0.489 e. The van der Waals surface area contributed by atoms with Crippen LogP contribution < -0.4 is 4.74 Å². The molecule has 0 fully saturated rings. The molecule has 0 aliphatic rings. The number of aromatic nitrogens is 3. The van der Waals surface area contributed by atoms with Crippen LogP contribution in [-0.4, -0.2) is 38.9 Å². The Bertz CT molecular complexity index is 1280. The smallest absolute Gasteiger partial charge is 0.324 e. The first-order valence-electron chi connectivity index (χ1n) is 10.7. The fraction of sp³-hybridized carbons (Fsp3) is 0.292. The van der Waals surface area contributed by atoms with E-state index in [0.29, 0.717) is 41.1 Å². The number of halogens is 1. The van der Waals surface area contributed by atoms with Crippen LogP contribution in [0.15, 0.2) is 53.2 Å². The largest absolute Gasteiger partial charge is 0.489 e. The highest BCUT2D eigenvalue weighted by Crippen LogP contribution is 2.31. The van der Waals surface area contributed by atoms with E-state index >= 15 is 0 Å². The summed E-state index contributed by atoms with van der Waals surface area (Å²) in [6.45, 7) is 6.13. The normalized spacial score (nSPS) is 11.5. The van der Waals surface area contributed by atoms with Crippen molar-refractivity contribution in [2.45, 2.75) is 39.8 Å². The summed E-state index contributed by atoms with van der Waals surface area (Å²) in [4.78, 5) is 21.2. The number of benzene rings is 2. The maximum absolute atomic E-state index is 11.5. The van der Waals surface area contributed by atoms with Crippen molar-refractivity contribution in [1.82, 2.24) is 19.8 Å². The number of carbonyl (C=O) groups excluding carboxylic acids is 1. The van der Waals surface area contributed by atoms with Gasteiger partial charge in [0.15, 0.2) is 0 Å². The first kappa shape index (κ1) is 22.8. The predicted molar refractivity (Wildman–Crippen MR) is 125 cm³/mol. The van der Waals surface area contributed by atoms with Crippen LogP contribution >= 0.6 is 11.6 Å². The third-order valence-electron chi connectivity index (χ3n) is 4.88. The lowest BCUT2D eigenvalue weighted by Crippen LogP contribution is -2.22. The fourth-order valence-corrected chi connectivity index (χ4v) is 3.63. The number of ether oxygens (including phenoxy) is 1.